The van der Waals surface area contributed by atoms with Gasteiger partial charge in [0.25, 0.3) is 0 Å². The summed E-state index contributed by atoms with van der Waals surface area (Å²) in [6, 6.07) is 8.78. The Kier molecular flexibility index (Phi) is 3.56. The summed E-state index contributed by atoms with van der Waals surface area (Å²) in [7, 11) is 0. The van der Waals surface area contributed by atoms with Crippen LogP contribution in [0.25, 0.3) is 0 Å². The van der Waals surface area contributed by atoms with Gasteiger partial charge in [-0.15, -0.1) is 0 Å². The molecular formula is C15H18N2O2. The third kappa shape index (κ3) is 2.52. The van der Waals surface area contributed by atoms with E-state index < -0.39 is 0 Å². The van der Waals surface area contributed by atoms with Crippen molar-refractivity contribution < 1.29 is 9.47 Å². The molecule has 4 nitrogen and oxygen atoms in total. The molecule has 0 saturated carbocycles. The van der Waals surface area contributed by atoms with E-state index in [1.165, 1.54) is 5.56 Å². The Morgan fingerprint density at radius 1 is 1.21 bits per heavy atom. The normalized spacial score (nSPS) is 22.8. The molecular weight excluding hydrogens is 240 g/mol. The van der Waals surface area contributed by atoms with Gasteiger partial charge in [0, 0.05) is 12.5 Å². The maximum Gasteiger partial charge on any atom is 0.161 e. The molecule has 100 valence electrons. The van der Waals surface area contributed by atoms with Crippen molar-refractivity contribution in [3.8, 4) is 17.6 Å². The largest absolute Gasteiger partial charge is 0.490 e. The van der Waals surface area contributed by atoms with Crippen molar-refractivity contribution in [2.24, 2.45) is 0 Å². The molecule has 0 unspecified atom stereocenters. The zero-order chi connectivity index (χ0) is 13.1. The van der Waals surface area contributed by atoms with E-state index >= 15 is 0 Å². The number of nitrogens with zero attached hydrogens (tertiary/aromatic N) is 2. The molecule has 19 heavy (non-hydrogen) atoms. The standard InChI is InChI=1S/C15H18N2O2/c16-6-8-17-7-1-3-13(17)12-4-5-14-15(11-12)19-10-2-9-18-14/h4-5,11,13H,1-3,7-10H2/t13-/m0/s1. The summed E-state index contributed by atoms with van der Waals surface area (Å²) in [4.78, 5) is 2.24. The van der Waals surface area contributed by atoms with Crippen molar-refractivity contribution in [3.05, 3.63) is 23.8 Å². The predicted molar refractivity (Wildman–Crippen MR) is 71.2 cm³/mol. The van der Waals surface area contributed by atoms with Gasteiger partial charge in [0.05, 0.1) is 25.8 Å². The van der Waals surface area contributed by atoms with Crippen LogP contribution in [0.2, 0.25) is 0 Å². The Morgan fingerprint density at radius 3 is 2.89 bits per heavy atom. The van der Waals surface area contributed by atoms with E-state index in [9.17, 15) is 0 Å². The lowest BCUT2D eigenvalue weighted by atomic mass is 10.0. The second-order valence-electron chi connectivity index (χ2n) is 5.04. The molecule has 0 aromatic heterocycles. The van der Waals surface area contributed by atoms with Crippen LogP contribution in [0.15, 0.2) is 18.2 Å². The Labute approximate surface area is 113 Å². The van der Waals surface area contributed by atoms with Crippen molar-refractivity contribution in [1.82, 2.24) is 4.90 Å². The zero-order valence-electron chi connectivity index (χ0n) is 11.0. The monoisotopic (exact) mass is 258 g/mol. The van der Waals surface area contributed by atoms with Crippen LogP contribution in [-0.2, 0) is 0 Å². The first kappa shape index (κ1) is 12.3. The quantitative estimate of drug-likeness (QED) is 0.765. The summed E-state index contributed by atoms with van der Waals surface area (Å²) in [5.74, 6) is 1.69. The Morgan fingerprint density at radius 2 is 2.05 bits per heavy atom. The van der Waals surface area contributed by atoms with Crippen LogP contribution in [0.5, 0.6) is 11.5 Å². The molecule has 4 heteroatoms. The fourth-order valence-electron chi connectivity index (χ4n) is 2.87. The first-order valence-corrected chi connectivity index (χ1v) is 6.89. The number of ether oxygens (including phenoxy) is 2. The summed E-state index contributed by atoms with van der Waals surface area (Å²) in [6.07, 6.45) is 3.19. The minimum absolute atomic E-state index is 0.344. The summed E-state index contributed by atoms with van der Waals surface area (Å²) < 4.78 is 11.4. The van der Waals surface area contributed by atoms with Gasteiger partial charge in [0.2, 0.25) is 0 Å². The van der Waals surface area contributed by atoms with Crippen LogP contribution in [0.1, 0.15) is 30.9 Å². The lowest BCUT2D eigenvalue weighted by Gasteiger charge is -2.22. The SMILES string of the molecule is N#CCN1CCC[C@H]1c1ccc2c(c1)OCCCO2. The first-order valence-electron chi connectivity index (χ1n) is 6.89. The van der Waals surface area contributed by atoms with Gasteiger partial charge in [-0.1, -0.05) is 6.07 Å². The van der Waals surface area contributed by atoms with E-state index in [0.29, 0.717) is 19.2 Å². The average Bonchev–Trinajstić information content (AvgIpc) is 2.76. The van der Waals surface area contributed by atoms with Crippen LogP contribution in [0.4, 0.5) is 0 Å². The number of benzene rings is 1. The van der Waals surface area contributed by atoms with Gasteiger partial charge in [-0.2, -0.15) is 5.26 Å². The minimum atomic E-state index is 0.344. The smallest absolute Gasteiger partial charge is 0.161 e. The van der Waals surface area contributed by atoms with Crippen molar-refractivity contribution in [2.45, 2.75) is 25.3 Å². The van der Waals surface area contributed by atoms with Gasteiger partial charge in [0.1, 0.15) is 0 Å². The third-order valence-corrected chi connectivity index (χ3v) is 3.79. The lowest BCUT2D eigenvalue weighted by molar-refractivity contribution is 0.286. The molecule has 3 rings (SSSR count). The van der Waals surface area contributed by atoms with Gasteiger partial charge in [-0.05, 0) is 37.1 Å². The molecule has 2 aliphatic rings. The maximum atomic E-state index is 8.88. The van der Waals surface area contributed by atoms with E-state index in [1.54, 1.807) is 0 Å². The molecule has 1 aromatic rings. The number of hydrogen-bond acceptors (Lipinski definition) is 4. The molecule has 0 bridgehead atoms. The number of rotatable bonds is 2. The van der Waals surface area contributed by atoms with Gasteiger partial charge in [0.15, 0.2) is 11.5 Å². The van der Waals surface area contributed by atoms with E-state index in [2.05, 4.69) is 23.1 Å². The highest BCUT2D eigenvalue weighted by atomic mass is 16.5. The van der Waals surface area contributed by atoms with E-state index in [4.69, 9.17) is 14.7 Å². The fraction of sp³-hybridized carbons (Fsp3) is 0.533. The van der Waals surface area contributed by atoms with Crippen LogP contribution >= 0.6 is 0 Å². The Bertz CT molecular complexity index is 495. The molecule has 1 saturated heterocycles. The van der Waals surface area contributed by atoms with Gasteiger partial charge in [-0.3, -0.25) is 4.90 Å². The molecule has 0 radical (unpaired) electrons. The summed E-state index contributed by atoms with van der Waals surface area (Å²) in [5, 5.41) is 8.88. The van der Waals surface area contributed by atoms with Crippen LogP contribution in [0, 0.1) is 11.3 Å². The average molecular weight is 258 g/mol. The minimum Gasteiger partial charge on any atom is -0.490 e. The maximum absolute atomic E-state index is 8.88. The van der Waals surface area contributed by atoms with Gasteiger partial charge in [-0.25, -0.2) is 0 Å². The predicted octanol–water partition coefficient (Wildman–Crippen LogP) is 2.51. The number of hydrogen-bond donors (Lipinski definition) is 0. The highest BCUT2D eigenvalue weighted by Gasteiger charge is 2.26. The van der Waals surface area contributed by atoms with Crippen molar-refractivity contribution in [2.75, 3.05) is 26.3 Å². The van der Waals surface area contributed by atoms with E-state index in [-0.39, 0.29) is 0 Å². The number of nitriles is 1. The molecule has 1 atom stereocenters. The summed E-state index contributed by atoms with van der Waals surface area (Å²) in [6.45, 7) is 2.94. The molecule has 2 aliphatic heterocycles. The second-order valence-corrected chi connectivity index (χ2v) is 5.04. The lowest BCUT2D eigenvalue weighted by Crippen LogP contribution is -2.23. The summed E-state index contributed by atoms with van der Waals surface area (Å²) >= 11 is 0. The van der Waals surface area contributed by atoms with Crippen molar-refractivity contribution >= 4 is 0 Å². The molecule has 0 aliphatic carbocycles. The number of fused-ring (bicyclic) bond motifs is 1. The Hall–Kier alpha value is -1.73. The molecule has 0 N–H and O–H groups in total. The van der Waals surface area contributed by atoms with Crippen molar-refractivity contribution in [3.63, 3.8) is 0 Å². The van der Waals surface area contributed by atoms with E-state index in [0.717, 1.165) is 43.9 Å². The zero-order valence-corrected chi connectivity index (χ0v) is 11.0. The molecule has 0 spiro atoms. The first-order chi connectivity index (χ1) is 9.38. The van der Waals surface area contributed by atoms with Crippen LogP contribution in [0.3, 0.4) is 0 Å². The molecule has 1 fully saturated rings. The fourth-order valence-corrected chi connectivity index (χ4v) is 2.87. The number of likely N-dealkylation sites (tertiary alicyclic amines) is 1. The van der Waals surface area contributed by atoms with Gasteiger partial charge < -0.3 is 9.47 Å². The van der Waals surface area contributed by atoms with E-state index in [1.807, 2.05) is 6.07 Å². The van der Waals surface area contributed by atoms with Crippen LogP contribution in [-0.4, -0.2) is 31.2 Å². The highest BCUT2D eigenvalue weighted by Crippen LogP contribution is 2.37. The topological polar surface area (TPSA) is 45.5 Å². The van der Waals surface area contributed by atoms with Crippen LogP contribution < -0.4 is 9.47 Å². The Balaban J connectivity index is 1.85. The van der Waals surface area contributed by atoms with Gasteiger partial charge >= 0.3 is 0 Å². The molecule has 2 heterocycles. The third-order valence-electron chi connectivity index (χ3n) is 3.79. The molecule has 1 aromatic carbocycles. The summed E-state index contributed by atoms with van der Waals surface area (Å²) in [5.41, 5.74) is 1.23. The highest BCUT2D eigenvalue weighted by molar-refractivity contribution is 5.44. The molecule has 0 amide bonds. The second kappa shape index (κ2) is 5.50. The van der Waals surface area contributed by atoms with Crippen molar-refractivity contribution in [1.29, 1.82) is 5.26 Å².